The van der Waals surface area contributed by atoms with Crippen molar-refractivity contribution in [1.29, 1.82) is 0 Å². The fourth-order valence-corrected chi connectivity index (χ4v) is 4.52. The molecule has 3 rings (SSSR count). The fourth-order valence-electron chi connectivity index (χ4n) is 4.52. The van der Waals surface area contributed by atoms with E-state index in [1.165, 1.54) is 19.3 Å². The summed E-state index contributed by atoms with van der Waals surface area (Å²) in [6.45, 7) is 4.13. The Bertz CT molecular complexity index is 433. The Kier molecular flexibility index (Phi) is 5.75. The molecule has 1 saturated carbocycles. The van der Waals surface area contributed by atoms with Gasteiger partial charge in [-0.1, -0.05) is 6.42 Å². The number of piperidine rings is 1. The molecular formula is C18H30F2N2O2. The largest absolute Gasteiger partial charge is 0.381 e. The zero-order valence-corrected chi connectivity index (χ0v) is 14.5. The number of rotatable bonds is 4. The molecule has 3 aliphatic rings. The van der Waals surface area contributed by atoms with Gasteiger partial charge in [-0.25, -0.2) is 8.78 Å². The highest BCUT2D eigenvalue weighted by molar-refractivity contribution is 5.78. The van der Waals surface area contributed by atoms with Crippen LogP contribution in [0.25, 0.3) is 0 Å². The third-order valence-electron chi connectivity index (χ3n) is 6.05. The minimum absolute atomic E-state index is 0.0501. The standard InChI is InChI=1S/C18H30F2N2O2/c19-18(20)6-4-5-15(13-18)16(23)21-14-17(7-11-24-12-8-17)22-9-2-1-3-10-22/h15H,1-14H2,(H,21,23). The van der Waals surface area contributed by atoms with Crippen LogP contribution in [-0.2, 0) is 9.53 Å². The molecule has 2 aliphatic heterocycles. The molecule has 1 unspecified atom stereocenters. The average Bonchev–Trinajstić information content (AvgIpc) is 2.60. The predicted octanol–water partition coefficient (Wildman–Crippen LogP) is 2.96. The van der Waals surface area contributed by atoms with Crippen molar-refractivity contribution in [2.24, 2.45) is 5.92 Å². The highest BCUT2D eigenvalue weighted by atomic mass is 19.3. The van der Waals surface area contributed by atoms with Crippen LogP contribution in [0.15, 0.2) is 0 Å². The molecule has 0 radical (unpaired) electrons. The number of halogens is 2. The van der Waals surface area contributed by atoms with E-state index in [4.69, 9.17) is 4.74 Å². The van der Waals surface area contributed by atoms with Crippen LogP contribution < -0.4 is 5.32 Å². The van der Waals surface area contributed by atoms with Crippen LogP contribution in [0, 0.1) is 5.92 Å². The van der Waals surface area contributed by atoms with Gasteiger partial charge in [0, 0.05) is 44.1 Å². The third-order valence-corrected chi connectivity index (χ3v) is 6.05. The molecule has 1 amide bonds. The van der Waals surface area contributed by atoms with Crippen molar-refractivity contribution in [3.8, 4) is 0 Å². The first-order valence-corrected chi connectivity index (χ1v) is 9.49. The van der Waals surface area contributed by atoms with Gasteiger partial charge in [-0.15, -0.1) is 0 Å². The van der Waals surface area contributed by atoms with E-state index in [2.05, 4.69) is 10.2 Å². The van der Waals surface area contributed by atoms with Gasteiger partial charge in [-0.3, -0.25) is 9.69 Å². The van der Waals surface area contributed by atoms with Gasteiger partial charge in [0.05, 0.1) is 0 Å². The highest BCUT2D eigenvalue weighted by Gasteiger charge is 2.42. The van der Waals surface area contributed by atoms with Gasteiger partial charge < -0.3 is 10.1 Å². The summed E-state index contributed by atoms with van der Waals surface area (Å²) in [4.78, 5) is 15.0. The van der Waals surface area contributed by atoms with E-state index < -0.39 is 11.8 Å². The molecule has 0 aromatic heterocycles. The Balaban J connectivity index is 1.59. The minimum Gasteiger partial charge on any atom is -0.381 e. The van der Waals surface area contributed by atoms with Crippen molar-refractivity contribution in [2.75, 3.05) is 32.8 Å². The lowest BCUT2D eigenvalue weighted by Gasteiger charge is -2.48. The number of nitrogens with one attached hydrogen (secondary N) is 1. The van der Waals surface area contributed by atoms with Crippen LogP contribution in [0.3, 0.4) is 0 Å². The maximum atomic E-state index is 13.6. The molecule has 1 N–H and O–H groups in total. The van der Waals surface area contributed by atoms with Crippen LogP contribution in [0.1, 0.15) is 57.8 Å². The van der Waals surface area contributed by atoms with Crippen LogP contribution in [0.4, 0.5) is 8.78 Å². The number of alkyl halides is 2. The topological polar surface area (TPSA) is 41.6 Å². The third kappa shape index (κ3) is 4.26. The molecule has 1 atom stereocenters. The number of hydrogen-bond acceptors (Lipinski definition) is 3. The predicted molar refractivity (Wildman–Crippen MR) is 88.1 cm³/mol. The van der Waals surface area contributed by atoms with Gasteiger partial charge in [0.2, 0.25) is 11.8 Å². The molecule has 4 nitrogen and oxygen atoms in total. The number of nitrogens with zero attached hydrogens (tertiary/aromatic N) is 1. The highest BCUT2D eigenvalue weighted by Crippen LogP contribution is 2.37. The number of carbonyl (C=O) groups is 1. The van der Waals surface area contributed by atoms with E-state index in [1.54, 1.807) is 0 Å². The molecular weight excluding hydrogens is 314 g/mol. The molecule has 138 valence electrons. The molecule has 0 spiro atoms. The smallest absolute Gasteiger partial charge is 0.248 e. The quantitative estimate of drug-likeness (QED) is 0.852. The second-order valence-corrected chi connectivity index (χ2v) is 7.75. The number of amides is 1. The Morgan fingerprint density at radius 3 is 2.46 bits per heavy atom. The van der Waals surface area contributed by atoms with Crippen LogP contribution in [-0.4, -0.2) is 55.1 Å². The zero-order chi connectivity index (χ0) is 17.0. The molecule has 0 aromatic carbocycles. The number of hydrogen-bond donors (Lipinski definition) is 1. The van der Waals surface area contributed by atoms with Crippen LogP contribution in [0.2, 0.25) is 0 Å². The number of ether oxygens (including phenoxy) is 1. The van der Waals surface area contributed by atoms with Crippen molar-refractivity contribution in [2.45, 2.75) is 69.2 Å². The van der Waals surface area contributed by atoms with Crippen LogP contribution >= 0.6 is 0 Å². The molecule has 6 heteroatoms. The number of likely N-dealkylation sites (tertiary alicyclic amines) is 1. The van der Waals surface area contributed by atoms with Crippen LogP contribution in [0.5, 0.6) is 0 Å². The Morgan fingerprint density at radius 1 is 1.08 bits per heavy atom. The van der Waals surface area contributed by atoms with Crippen molar-refractivity contribution < 1.29 is 18.3 Å². The number of carbonyl (C=O) groups excluding carboxylic acids is 1. The summed E-state index contributed by atoms with van der Waals surface area (Å²) in [7, 11) is 0. The minimum atomic E-state index is -2.68. The summed E-state index contributed by atoms with van der Waals surface area (Å²) in [6, 6.07) is 0. The Labute approximate surface area is 143 Å². The van der Waals surface area contributed by atoms with Gasteiger partial charge in [-0.05, 0) is 51.6 Å². The van der Waals surface area contributed by atoms with E-state index in [0.29, 0.717) is 32.6 Å². The fraction of sp³-hybridized carbons (Fsp3) is 0.944. The molecule has 2 saturated heterocycles. The first kappa shape index (κ1) is 18.1. The van der Waals surface area contributed by atoms with Gasteiger partial charge in [-0.2, -0.15) is 0 Å². The second kappa shape index (κ2) is 7.65. The summed E-state index contributed by atoms with van der Waals surface area (Å²) in [5.41, 5.74) is -0.0501. The summed E-state index contributed by atoms with van der Waals surface area (Å²) >= 11 is 0. The molecule has 3 fully saturated rings. The second-order valence-electron chi connectivity index (χ2n) is 7.75. The van der Waals surface area contributed by atoms with Crippen molar-refractivity contribution in [3.63, 3.8) is 0 Å². The monoisotopic (exact) mass is 344 g/mol. The SMILES string of the molecule is O=C(NCC1(N2CCCCC2)CCOCC1)C1CCCC(F)(F)C1. The average molecular weight is 344 g/mol. The Hall–Kier alpha value is -0.750. The zero-order valence-electron chi connectivity index (χ0n) is 14.5. The maximum absolute atomic E-state index is 13.6. The van der Waals surface area contributed by atoms with E-state index in [1.807, 2.05) is 0 Å². The summed E-state index contributed by atoms with van der Waals surface area (Å²) < 4.78 is 32.7. The van der Waals surface area contributed by atoms with Gasteiger partial charge in [0.15, 0.2) is 0 Å². The lowest BCUT2D eigenvalue weighted by atomic mass is 9.84. The van der Waals surface area contributed by atoms with Gasteiger partial charge in [0.25, 0.3) is 0 Å². The van der Waals surface area contributed by atoms with Gasteiger partial charge in [0.1, 0.15) is 0 Å². The van der Waals surface area contributed by atoms with Crippen molar-refractivity contribution in [3.05, 3.63) is 0 Å². The molecule has 0 bridgehead atoms. The Morgan fingerprint density at radius 2 is 1.79 bits per heavy atom. The molecule has 0 aromatic rings. The van der Waals surface area contributed by atoms with Crippen molar-refractivity contribution >= 4 is 5.91 Å². The summed E-state index contributed by atoms with van der Waals surface area (Å²) in [6.07, 6.45) is 6.15. The van der Waals surface area contributed by atoms with E-state index in [9.17, 15) is 13.6 Å². The summed E-state index contributed by atoms with van der Waals surface area (Å²) in [5, 5.41) is 3.03. The van der Waals surface area contributed by atoms with Crippen molar-refractivity contribution in [1.82, 2.24) is 10.2 Å². The van der Waals surface area contributed by atoms with E-state index in [0.717, 1.165) is 25.9 Å². The molecule has 2 heterocycles. The molecule has 24 heavy (non-hydrogen) atoms. The van der Waals surface area contributed by atoms with E-state index >= 15 is 0 Å². The first-order chi connectivity index (χ1) is 11.5. The first-order valence-electron chi connectivity index (χ1n) is 9.49. The molecule has 1 aliphatic carbocycles. The normalized spacial score (nSPS) is 30.7. The lowest BCUT2D eigenvalue weighted by Crippen LogP contribution is -2.60. The van der Waals surface area contributed by atoms with E-state index in [-0.39, 0.29) is 24.3 Å². The van der Waals surface area contributed by atoms with Gasteiger partial charge >= 0.3 is 0 Å². The maximum Gasteiger partial charge on any atom is 0.248 e. The summed E-state index contributed by atoms with van der Waals surface area (Å²) in [5.74, 6) is -3.40. The lowest BCUT2D eigenvalue weighted by molar-refractivity contribution is -0.133.